The van der Waals surface area contributed by atoms with Gasteiger partial charge in [-0.15, -0.1) is 0 Å². The van der Waals surface area contributed by atoms with Crippen LogP contribution in [0.25, 0.3) is 6.08 Å². The van der Waals surface area contributed by atoms with Crippen LogP contribution in [-0.2, 0) is 9.59 Å². The molecule has 17 heavy (non-hydrogen) atoms. The third-order valence-corrected chi connectivity index (χ3v) is 1.89. The fourth-order valence-electron chi connectivity index (χ4n) is 1.16. The zero-order valence-corrected chi connectivity index (χ0v) is 9.10. The highest BCUT2D eigenvalue weighted by molar-refractivity contribution is 5.96. The number of nitrogens with zero attached hydrogens (tertiary/aromatic N) is 1. The van der Waals surface area contributed by atoms with Gasteiger partial charge in [0.1, 0.15) is 5.70 Å². The molecule has 0 aliphatic carbocycles. The maximum absolute atomic E-state index is 10.8. The van der Waals surface area contributed by atoms with Crippen molar-refractivity contribution in [1.82, 2.24) is 5.32 Å². The van der Waals surface area contributed by atoms with Gasteiger partial charge in [-0.05, 0) is 23.8 Å². The predicted molar refractivity (Wildman–Crippen MR) is 60.6 cm³/mol. The van der Waals surface area contributed by atoms with E-state index in [4.69, 9.17) is 10.4 Å². The average molecular weight is 230 g/mol. The summed E-state index contributed by atoms with van der Waals surface area (Å²) < 4.78 is 0. The van der Waals surface area contributed by atoms with E-state index in [1.165, 1.54) is 13.0 Å². The quantitative estimate of drug-likeness (QED) is 0.761. The Bertz CT molecular complexity index is 510. The van der Waals surface area contributed by atoms with Gasteiger partial charge in [0.05, 0.1) is 11.6 Å². The van der Waals surface area contributed by atoms with E-state index < -0.39 is 11.9 Å². The second-order valence-corrected chi connectivity index (χ2v) is 3.28. The Labute approximate surface area is 98.0 Å². The Balaban J connectivity index is 3.00. The fourth-order valence-corrected chi connectivity index (χ4v) is 1.16. The molecule has 0 aliphatic rings. The van der Waals surface area contributed by atoms with Gasteiger partial charge in [-0.25, -0.2) is 4.79 Å². The van der Waals surface area contributed by atoms with Crippen LogP contribution >= 0.6 is 0 Å². The van der Waals surface area contributed by atoms with E-state index in [2.05, 4.69) is 5.32 Å². The number of nitrogens with one attached hydrogen (secondary N) is 1. The van der Waals surface area contributed by atoms with E-state index in [1.54, 1.807) is 24.3 Å². The standard InChI is InChI=1S/C12H10N2O3/c1-8(15)14-11(12(16)17)6-9-2-4-10(7-13)5-3-9/h2-6H,1H3,(H,14,15)(H,16,17). The number of carboxylic acids is 1. The molecule has 2 N–H and O–H groups in total. The molecule has 0 saturated heterocycles. The van der Waals surface area contributed by atoms with Crippen LogP contribution in [0.5, 0.6) is 0 Å². The molecule has 0 fully saturated rings. The number of hydrogen-bond acceptors (Lipinski definition) is 3. The number of hydrogen-bond donors (Lipinski definition) is 2. The molecule has 1 aromatic rings. The van der Waals surface area contributed by atoms with Gasteiger partial charge in [0, 0.05) is 6.92 Å². The minimum Gasteiger partial charge on any atom is -0.477 e. The van der Waals surface area contributed by atoms with Gasteiger partial charge < -0.3 is 10.4 Å². The largest absolute Gasteiger partial charge is 0.477 e. The first-order chi connectivity index (χ1) is 8.02. The van der Waals surface area contributed by atoms with Crippen LogP contribution in [0, 0.1) is 11.3 Å². The number of rotatable bonds is 3. The number of benzene rings is 1. The van der Waals surface area contributed by atoms with E-state index in [1.807, 2.05) is 6.07 Å². The maximum atomic E-state index is 10.8. The summed E-state index contributed by atoms with van der Waals surface area (Å²) in [5, 5.41) is 19.7. The highest BCUT2D eigenvalue weighted by Gasteiger charge is 2.08. The molecule has 0 spiro atoms. The summed E-state index contributed by atoms with van der Waals surface area (Å²) in [6.45, 7) is 1.23. The van der Waals surface area contributed by atoms with Gasteiger partial charge in [-0.2, -0.15) is 5.26 Å². The van der Waals surface area contributed by atoms with Crippen LogP contribution in [-0.4, -0.2) is 17.0 Å². The van der Waals surface area contributed by atoms with E-state index in [0.717, 1.165) is 0 Å². The first-order valence-electron chi connectivity index (χ1n) is 4.75. The van der Waals surface area contributed by atoms with Crippen LogP contribution in [0.15, 0.2) is 30.0 Å². The average Bonchev–Trinajstić information content (AvgIpc) is 2.28. The van der Waals surface area contributed by atoms with Crippen molar-refractivity contribution in [3.63, 3.8) is 0 Å². The first-order valence-corrected chi connectivity index (χ1v) is 4.75. The lowest BCUT2D eigenvalue weighted by molar-refractivity contribution is -0.134. The molecule has 86 valence electrons. The number of aliphatic carboxylic acids is 1. The predicted octanol–water partition coefficient (Wildman–Crippen LogP) is 1.12. The van der Waals surface area contributed by atoms with Crippen LogP contribution in [0.1, 0.15) is 18.1 Å². The molecule has 0 saturated carbocycles. The second kappa shape index (κ2) is 5.47. The van der Waals surface area contributed by atoms with Gasteiger partial charge in [-0.1, -0.05) is 12.1 Å². The van der Waals surface area contributed by atoms with Crippen molar-refractivity contribution in [2.45, 2.75) is 6.92 Å². The molecule has 0 heterocycles. The van der Waals surface area contributed by atoms with Crippen LogP contribution in [0.3, 0.4) is 0 Å². The van der Waals surface area contributed by atoms with E-state index in [-0.39, 0.29) is 5.70 Å². The van der Waals surface area contributed by atoms with Gasteiger partial charge in [0.25, 0.3) is 0 Å². The number of carbonyl (C=O) groups excluding carboxylic acids is 1. The number of carboxylic acid groups (broad SMARTS) is 1. The molecule has 0 unspecified atom stereocenters. The molecule has 0 atom stereocenters. The van der Waals surface area contributed by atoms with Crippen LogP contribution < -0.4 is 5.32 Å². The Morgan fingerprint density at radius 1 is 1.35 bits per heavy atom. The summed E-state index contributed by atoms with van der Waals surface area (Å²) in [5.41, 5.74) is 0.871. The van der Waals surface area contributed by atoms with E-state index in [9.17, 15) is 9.59 Å². The number of nitriles is 1. The highest BCUT2D eigenvalue weighted by Crippen LogP contribution is 2.07. The summed E-state index contributed by atoms with van der Waals surface area (Å²) in [7, 11) is 0. The van der Waals surface area contributed by atoms with Crippen molar-refractivity contribution >= 4 is 18.0 Å². The number of carbonyl (C=O) groups is 2. The molecule has 1 aromatic carbocycles. The maximum Gasteiger partial charge on any atom is 0.352 e. The fraction of sp³-hybridized carbons (Fsp3) is 0.0833. The van der Waals surface area contributed by atoms with Gasteiger partial charge >= 0.3 is 5.97 Å². The molecule has 0 aromatic heterocycles. The highest BCUT2D eigenvalue weighted by atomic mass is 16.4. The lowest BCUT2D eigenvalue weighted by Gasteiger charge is -2.02. The summed E-state index contributed by atoms with van der Waals surface area (Å²) in [6, 6.07) is 8.29. The van der Waals surface area contributed by atoms with Crippen molar-refractivity contribution < 1.29 is 14.7 Å². The summed E-state index contributed by atoms with van der Waals surface area (Å²) in [5.74, 6) is -1.67. The first kappa shape index (κ1) is 12.5. The summed E-state index contributed by atoms with van der Waals surface area (Å²) in [4.78, 5) is 21.6. The Morgan fingerprint density at radius 3 is 2.35 bits per heavy atom. The molecule has 0 aliphatic heterocycles. The Hall–Kier alpha value is -2.61. The van der Waals surface area contributed by atoms with Crippen molar-refractivity contribution in [2.75, 3.05) is 0 Å². The summed E-state index contributed by atoms with van der Waals surface area (Å²) in [6.07, 6.45) is 1.32. The monoisotopic (exact) mass is 230 g/mol. The lowest BCUT2D eigenvalue weighted by Crippen LogP contribution is -2.24. The lowest BCUT2D eigenvalue weighted by atomic mass is 10.1. The Morgan fingerprint density at radius 2 is 1.94 bits per heavy atom. The SMILES string of the molecule is CC(=O)NC(=Cc1ccc(C#N)cc1)C(=O)O. The topological polar surface area (TPSA) is 90.2 Å². The third kappa shape index (κ3) is 3.80. The van der Waals surface area contributed by atoms with Crippen LogP contribution in [0.2, 0.25) is 0 Å². The molecule has 0 radical (unpaired) electrons. The minimum absolute atomic E-state index is 0.206. The van der Waals surface area contributed by atoms with Crippen molar-refractivity contribution in [3.05, 3.63) is 41.1 Å². The zero-order chi connectivity index (χ0) is 12.8. The molecular weight excluding hydrogens is 220 g/mol. The molecule has 5 nitrogen and oxygen atoms in total. The van der Waals surface area contributed by atoms with Crippen molar-refractivity contribution in [2.24, 2.45) is 0 Å². The minimum atomic E-state index is -1.22. The van der Waals surface area contributed by atoms with E-state index in [0.29, 0.717) is 11.1 Å². The van der Waals surface area contributed by atoms with Crippen molar-refractivity contribution in [1.29, 1.82) is 5.26 Å². The smallest absolute Gasteiger partial charge is 0.352 e. The summed E-state index contributed by atoms with van der Waals surface area (Å²) >= 11 is 0. The normalized spacial score (nSPS) is 10.5. The number of amides is 1. The van der Waals surface area contributed by atoms with Crippen LogP contribution in [0.4, 0.5) is 0 Å². The molecule has 0 bridgehead atoms. The van der Waals surface area contributed by atoms with Gasteiger partial charge in [0.2, 0.25) is 5.91 Å². The van der Waals surface area contributed by atoms with Gasteiger partial charge in [0.15, 0.2) is 0 Å². The molecule has 5 heteroatoms. The third-order valence-electron chi connectivity index (χ3n) is 1.89. The zero-order valence-electron chi connectivity index (χ0n) is 9.10. The second-order valence-electron chi connectivity index (χ2n) is 3.28. The van der Waals surface area contributed by atoms with Gasteiger partial charge in [-0.3, -0.25) is 4.79 Å². The molecule has 1 rings (SSSR count). The van der Waals surface area contributed by atoms with Crippen molar-refractivity contribution in [3.8, 4) is 6.07 Å². The Kier molecular flexibility index (Phi) is 4.01. The molecular formula is C12H10N2O3. The van der Waals surface area contributed by atoms with E-state index >= 15 is 0 Å². The molecule has 1 amide bonds.